The minimum absolute atomic E-state index is 0.117. The van der Waals surface area contributed by atoms with Crippen LogP contribution in [-0.2, 0) is 16.1 Å². The maximum absolute atomic E-state index is 14.7. The molecule has 2 amide bonds. The number of hydrogen-bond donors (Lipinski definition) is 1. The summed E-state index contributed by atoms with van der Waals surface area (Å²) >= 11 is 0. The van der Waals surface area contributed by atoms with Crippen LogP contribution in [0.1, 0.15) is 39.2 Å². The number of carbonyl (C=O) groups excluding carboxylic acids is 2. The standard InChI is InChI=1S/C21H25FN2O4/c1-20(2,3)28-18(25)23-21(10-11-21)16-9-12-24(13-17(16)22)19(26)27-14-15-7-5-4-6-8-15/h4-9,13H,10-12,14H2,1-3H3,(H,23,25). The Labute approximate surface area is 164 Å². The van der Waals surface area contributed by atoms with Crippen LogP contribution in [0.3, 0.4) is 0 Å². The molecule has 1 aliphatic carbocycles. The van der Waals surface area contributed by atoms with Gasteiger partial charge in [-0.1, -0.05) is 36.4 Å². The summed E-state index contributed by atoms with van der Waals surface area (Å²) in [5.41, 5.74) is -0.157. The smallest absolute Gasteiger partial charge is 0.414 e. The van der Waals surface area contributed by atoms with E-state index in [0.717, 1.165) is 11.8 Å². The maximum Gasteiger partial charge on any atom is 0.414 e. The zero-order valence-corrected chi connectivity index (χ0v) is 16.3. The number of ether oxygens (including phenoxy) is 2. The van der Waals surface area contributed by atoms with Gasteiger partial charge in [0.2, 0.25) is 0 Å². The number of benzene rings is 1. The summed E-state index contributed by atoms with van der Waals surface area (Å²) in [6.07, 6.45) is 2.78. The normalized spacial score (nSPS) is 17.9. The van der Waals surface area contributed by atoms with Crippen LogP contribution in [0.2, 0.25) is 0 Å². The van der Waals surface area contributed by atoms with Gasteiger partial charge in [0.05, 0.1) is 5.54 Å². The fourth-order valence-corrected chi connectivity index (χ4v) is 2.99. The van der Waals surface area contributed by atoms with Gasteiger partial charge in [0.25, 0.3) is 0 Å². The molecule has 3 rings (SSSR count). The molecule has 0 spiro atoms. The molecule has 2 aliphatic rings. The third kappa shape index (κ3) is 4.91. The summed E-state index contributed by atoms with van der Waals surface area (Å²) in [6.45, 7) is 5.60. The van der Waals surface area contributed by atoms with Crippen LogP contribution >= 0.6 is 0 Å². The van der Waals surface area contributed by atoms with Crippen LogP contribution in [0.15, 0.2) is 54.0 Å². The van der Waals surface area contributed by atoms with Crippen LogP contribution in [0.4, 0.5) is 14.0 Å². The number of amides is 2. The van der Waals surface area contributed by atoms with Crippen LogP contribution in [0.25, 0.3) is 0 Å². The predicted octanol–water partition coefficient (Wildman–Crippen LogP) is 4.43. The van der Waals surface area contributed by atoms with Gasteiger partial charge in [-0.3, -0.25) is 4.90 Å². The Bertz CT molecular complexity index is 807. The Hall–Kier alpha value is -2.83. The maximum atomic E-state index is 14.7. The average molecular weight is 388 g/mol. The molecular weight excluding hydrogens is 363 g/mol. The molecule has 150 valence electrons. The lowest BCUT2D eigenvalue weighted by molar-refractivity contribution is 0.0505. The second kappa shape index (κ2) is 7.66. The molecule has 1 aliphatic heterocycles. The van der Waals surface area contributed by atoms with Crippen molar-refractivity contribution in [2.75, 3.05) is 6.54 Å². The minimum Gasteiger partial charge on any atom is -0.444 e. The molecule has 1 aromatic carbocycles. The van der Waals surface area contributed by atoms with E-state index in [2.05, 4.69) is 5.32 Å². The van der Waals surface area contributed by atoms with Crippen LogP contribution in [0.5, 0.6) is 0 Å². The Kier molecular flexibility index (Phi) is 5.45. The molecule has 1 saturated carbocycles. The highest BCUT2D eigenvalue weighted by molar-refractivity contribution is 5.73. The highest BCUT2D eigenvalue weighted by Crippen LogP contribution is 2.46. The molecule has 0 radical (unpaired) electrons. The molecule has 1 N–H and O–H groups in total. The summed E-state index contributed by atoms with van der Waals surface area (Å²) in [4.78, 5) is 25.4. The van der Waals surface area contributed by atoms with Crippen molar-refractivity contribution < 1.29 is 23.5 Å². The van der Waals surface area contributed by atoms with Crippen molar-refractivity contribution >= 4 is 12.2 Å². The van der Waals surface area contributed by atoms with Gasteiger partial charge in [0.15, 0.2) is 0 Å². The summed E-state index contributed by atoms with van der Waals surface area (Å²) < 4.78 is 25.2. The van der Waals surface area contributed by atoms with E-state index in [1.165, 1.54) is 4.90 Å². The lowest BCUT2D eigenvalue weighted by Crippen LogP contribution is -2.43. The fourth-order valence-electron chi connectivity index (χ4n) is 2.99. The molecule has 1 heterocycles. The van der Waals surface area contributed by atoms with E-state index in [4.69, 9.17) is 9.47 Å². The molecule has 0 saturated heterocycles. The summed E-state index contributed by atoms with van der Waals surface area (Å²) in [5, 5.41) is 2.77. The zero-order chi connectivity index (χ0) is 20.4. The van der Waals surface area contributed by atoms with Crippen molar-refractivity contribution in [1.29, 1.82) is 0 Å². The highest BCUT2D eigenvalue weighted by Gasteiger charge is 2.50. The minimum atomic E-state index is -0.761. The van der Waals surface area contributed by atoms with Gasteiger partial charge in [0.1, 0.15) is 18.0 Å². The Morgan fingerprint density at radius 3 is 2.46 bits per heavy atom. The van der Waals surface area contributed by atoms with Crippen molar-refractivity contribution in [2.45, 2.75) is 51.4 Å². The summed E-state index contributed by atoms with van der Waals surface area (Å²) in [5.74, 6) is -0.559. The molecule has 0 aromatic heterocycles. The number of rotatable bonds is 4. The third-order valence-electron chi connectivity index (χ3n) is 4.46. The summed E-state index contributed by atoms with van der Waals surface area (Å²) in [6, 6.07) is 9.27. The van der Waals surface area contributed by atoms with Crippen LogP contribution in [0, 0.1) is 0 Å². The molecule has 0 unspecified atom stereocenters. The number of nitrogens with zero attached hydrogens (tertiary/aromatic N) is 1. The average Bonchev–Trinajstić information content (AvgIpc) is 3.38. The van der Waals surface area contributed by atoms with E-state index in [0.29, 0.717) is 18.4 Å². The Balaban J connectivity index is 1.58. The van der Waals surface area contributed by atoms with E-state index in [9.17, 15) is 14.0 Å². The Morgan fingerprint density at radius 1 is 1.21 bits per heavy atom. The number of carbonyl (C=O) groups is 2. The van der Waals surface area contributed by atoms with Gasteiger partial charge >= 0.3 is 12.2 Å². The summed E-state index contributed by atoms with van der Waals surface area (Å²) in [7, 11) is 0. The van der Waals surface area contributed by atoms with Crippen molar-refractivity contribution in [3.05, 3.63) is 59.6 Å². The topological polar surface area (TPSA) is 67.9 Å². The van der Waals surface area contributed by atoms with Crippen LogP contribution in [-0.4, -0.2) is 34.8 Å². The van der Waals surface area contributed by atoms with E-state index >= 15 is 0 Å². The van der Waals surface area contributed by atoms with E-state index in [1.807, 2.05) is 30.3 Å². The number of hydrogen-bond acceptors (Lipinski definition) is 4. The highest BCUT2D eigenvalue weighted by atomic mass is 19.1. The lowest BCUT2D eigenvalue weighted by Gasteiger charge is -2.28. The van der Waals surface area contributed by atoms with Gasteiger partial charge in [-0.05, 0) is 39.2 Å². The lowest BCUT2D eigenvalue weighted by atomic mass is 10.0. The van der Waals surface area contributed by atoms with Gasteiger partial charge in [0, 0.05) is 18.3 Å². The van der Waals surface area contributed by atoms with E-state index in [-0.39, 0.29) is 13.2 Å². The fraction of sp³-hybridized carbons (Fsp3) is 0.429. The molecule has 7 heteroatoms. The van der Waals surface area contributed by atoms with Gasteiger partial charge < -0.3 is 14.8 Å². The van der Waals surface area contributed by atoms with Gasteiger partial charge in [-0.2, -0.15) is 0 Å². The predicted molar refractivity (Wildman–Crippen MR) is 102 cm³/mol. The first kappa shape index (κ1) is 19.9. The largest absolute Gasteiger partial charge is 0.444 e. The molecular formula is C21H25FN2O4. The van der Waals surface area contributed by atoms with Gasteiger partial charge in [-0.15, -0.1) is 0 Å². The second-order valence-electron chi connectivity index (χ2n) is 8.00. The molecule has 0 bridgehead atoms. The van der Waals surface area contributed by atoms with Crippen molar-refractivity contribution in [1.82, 2.24) is 10.2 Å². The number of alkyl carbamates (subject to hydrolysis) is 1. The number of halogens is 1. The molecule has 0 atom stereocenters. The molecule has 1 aromatic rings. The SMILES string of the molecule is CC(C)(C)OC(=O)NC1(C2=CCN(C(=O)OCc3ccccc3)C=C2F)CC1. The Morgan fingerprint density at radius 2 is 1.89 bits per heavy atom. The van der Waals surface area contributed by atoms with E-state index in [1.54, 1.807) is 26.8 Å². The first-order chi connectivity index (χ1) is 13.2. The van der Waals surface area contributed by atoms with Crippen molar-refractivity contribution in [3.63, 3.8) is 0 Å². The van der Waals surface area contributed by atoms with Crippen molar-refractivity contribution in [2.24, 2.45) is 0 Å². The van der Waals surface area contributed by atoms with Gasteiger partial charge in [-0.25, -0.2) is 14.0 Å². The second-order valence-corrected chi connectivity index (χ2v) is 8.00. The van der Waals surface area contributed by atoms with E-state index < -0.39 is 29.2 Å². The van der Waals surface area contributed by atoms with Crippen molar-refractivity contribution in [3.8, 4) is 0 Å². The quantitative estimate of drug-likeness (QED) is 0.828. The molecule has 6 nitrogen and oxygen atoms in total. The zero-order valence-electron chi connectivity index (χ0n) is 16.3. The monoisotopic (exact) mass is 388 g/mol. The number of nitrogens with one attached hydrogen (secondary N) is 1. The first-order valence-electron chi connectivity index (χ1n) is 9.25. The first-order valence-corrected chi connectivity index (χ1v) is 9.25. The third-order valence-corrected chi connectivity index (χ3v) is 4.46. The van der Waals surface area contributed by atoms with Crippen LogP contribution < -0.4 is 5.32 Å². The molecule has 1 fully saturated rings. The molecule has 28 heavy (non-hydrogen) atoms.